The summed E-state index contributed by atoms with van der Waals surface area (Å²) in [4.78, 5) is 35.5. The van der Waals surface area contributed by atoms with E-state index in [1.165, 1.54) is 54.7 Å². The van der Waals surface area contributed by atoms with E-state index in [0.29, 0.717) is 22.2 Å². The first-order valence-electron chi connectivity index (χ1n) is 11.0. The monoisotopic (exact) mass is 499 g/mol. The number of amides is 2. The number of fused-ring (bicyclic) bond motifs is 2. The molecule has 5 aromatic rings. The first-order chi connectivity index (χ1) is 17.9. The molecule has 11 heteroatoms. The lowest BCUT2D eigenvalue weighted by Gasteiger charge is -2.07. The third-order valence-corrected chi connectivity index (χ3v) is 5.57. The number of nitrogens with one attached hydrogen (secondary N) is 2. The number of para-hydroxylation sites is 1. The molecule has 0 atom stereocenters. The molecular formula is C26H18FN5O5. The quantitative estimate of drug-likeness (QED) is 0.188. The van der Waals surface area contributed by atoms with E-state index in [9.17, 15) is 24.1 Å². The summed E-state index contributed by atoms with van der Waals surface area (Å²) in [5.41, 5.74) is 4.52. The van der Waals surface area contributed by atoms with Gasteiger partial charge in [0.05, 0.1) is 11.1 Å². The van der Waals surface area contributed by atoms with Crippen molar-refractivity contribution in [3.05, 3.63) is 106 Å². The molecule has 2 heterocycles. The SMILES string of the molecule is O=C(Cn1cc(/C=N/NC(=O)c2cc3cc([N+](=O)[O-])ccc3o2)c2ccccc21)Nc1ccc(F)cc1. The summed E-state index contributed by atoms with van der Waals surface area (Å²) < 4.78 is 20.3. The van der Waals surface area contributed by atoms with Crippen molar-refractivity contribution >= 4 is 51.3 Å². The van der Waals surface area contributed by atoms with Crippen molar-refractivity contribution in [3.8, 4) is 0 Å². The molecule has 2 aromatic heterocycles. The molecule has 0 radical (unpaired) electrons. The van der Waals surface area contributed by atoms with Crippen LogP contribution in [0.5, 0.6) is 0 Å². The fourth-order valence-corrected chi connectivity index (χ4v) is 3.87. The molecule has 0 spiro atoms. The number of nitro benzene ring substituents is 1. The van der Waals surface area contributed by atoms with E-state index >= 15 is 0 Å². The fraction of sp³-hybridized carbons (Fsp3) is 0.0385. The van der Waals surface area contributed by atoms with Gasteiger partial charge in [0.15, 0.2) is 5.76 Å². The molecule has 0 saturated heterocycles. The molecule has 0 aliphatic carbocycles. The lowest BCUT2D eigenvalue weighted by Crippen LogP contribution is -2.18. The first-order valence-corrected chi connectivity index (χ1v) is 11.0. The van der Waals surface area contributed by atoms with E-state index in [1.807, 2.05) is 24.3 Å². The summed E-state index contributed by atoms with van der Waals surface area (Å²) in [5.74, 6) is -1.37. The number of hydrogen-bond acceptors (Lipinski definition) is 6. The smallest absolute Gasteiger partial charge is 0.307 e. The highest BCUT2D eigenvalue weighted by atomic mass is 19.1. The van der Waals surface area contributed by atoms with E-state index in [-0.39, 0.29) is 23.9 Å². The molecule has 0 aliphatic heterocycles. The van der Waals surface area contributed by atoms with Crippen LogP contribution in [0, 0.1) is 15.9 Å². The zero-order chi connectivity index (χ0) is 25.9. The number of carbonyl (C=O) groups excluding carboxylic acids is 2. The summed E-state index contributed by atoms with van der Waals surface area (Å²) in [6.07, 6.45) is 3.17. The van der Waals surface area contributed by atoms with Crippen molar-refractivity contribution in [2.24, 2.45) is 5.10 Å². The Morgan fingerprint density at radius 1 is 1.08 bits per heavy atom. The average molecular weight is 499 g/mol. The molecule has 3 aromatic carbocycles. The third-order valence-electron chi connectivity index (χ3n) is 5.57. The number of hydrazone groups is 1. The molecular weight excluding hydrogens is 481 g/mol. The van der Waals surface area contributed by atoms with Crippen molar-refractivity contribution < 1.29 is 23.3 Å². The van der Waals surface area contributed by atoms with Gasteiger partial charge in [-0.05, 0) is 42.5 Å². The number of aromatic nitrogens is 1. The van der Waals surface area contributed by atoms with Gasteiger partial charge in [-0.25, -0.2) is 9.82 Å². The topological polar surface area (TPSA) is 132 Å². The maximum atomic E-state index is 13.1. The molecule has 37 heavy (non-hydrogen) atoms. The number of hydrogen-bond donors (Lipinski definition) is 2. The zero-order valence-corrected chi connectivity index (χ0v) is 19.1. The minimum Gasteiger partial charge on any atom is -0.451 e. The number of non-ortho nitro benzene ring substituents is 1. The van der Waals surface area contributed by atoms with E-state index < -0.39 is 16.6 Å². The number of nitrogens with zero attached hydrogens (tertiary/aromatic N) is 3. The third kappa shape index (κ3) is 5.05. The largest absolute Gasteiger partial charge is 0.451 e. The predicted molar refractivity (Wildman–Crippen MR) is 135 cm³/mol. The Balaban J connectivity index is 1.30. The predicted octanol–water partition coefficient (Wildman–Crippen LogP) is 4.84. The summed E-state index contributed by atoms with van der Waals surface area (Å²) in [5, 5.41) is 18.9. The molecule has 0 bridgehead atoms. The van der Waals surface area contributed by atoms with Crippen LogP contribution < -0.4 is 10.7 Å². The fourth-order valence-electron chi connectivity index (χ4n) is 3.87. The van der Waals surface area contributed by atoms with Gasteiger partial charge >= 0.3 is 5.91 Å². The summed E-state index contributed by atoms with van der Waals surface area (Å²) in [7, 11) is 0. The van der Waals surface area contributed by atoms with Crippen LogP contribution >= 0.6 is 0 Å². The van der Waals surface area contributed by atoms with Crippen LogP contribution in [-0.4, -0.2) is 27.5 Å². The number of furan rings is 1. The highest BCUT2D eigenvalue weighted by Crippen LogP contribution is 2.24. The molecule has 5 rings (SSSR count). The van der Waals surface area contributed by atoms with Crippen molar-refractivity contribution in [2.75, 3.05) is 5.32 Å². The number of halogens is 1. The molecule has 0 saturated carbocycles. The summed E-state index contributed by atoms with van der Waals surface area (Å²) >= 11 is 0. The minimum absolute atomic E-state index is 0.00318. The highest BCUT2D eigenvalue weighted by Gasteiger charge is 2.15. The van der Waals surface area contributed by atoms with Crippen LogP contribution in [-0.2, 0) is 11.3 Å². The van der Waals surface area contributed by atoms with Crippen molar-refractivity contribution in [2.45, 2.75) is 6.54 Å². The Morgan fingerprint density at radius 3 is 2.65 bits per heavy atom. The number of benzene rings is 3. The van der Waals surface area contributed by atoms with E-state index in [0.717, 1.165) is 10.9 Å². The van der Waals surface area contributed by atoms with Crippen molar-refractivity contribution in [1.29, 1.82) is 0 Å². The van der Waals surface area contributed by atoms with Gasteiger partial charge in [-0.15, -0.1) is 0 Å². The zero-order valence-electron chi connectivity index (χ0n) is 19.1. The molecule has 2 N–H and O–H groups in total. The molecule has 10 nitrogen and oxygen atoms in total. The second-order valence-electron chi connectivity index (χ2n) is 8.07. The Kier molecular flexibility index (Phi) is 6.17. The van der Waals surface area contributed by atoms with Crippen LogP contribution in [0.1, 0.15) is 16.1 Å². The Hall–Kier alpha value is -5.32. The minimum atomic E-state index is -0.627. The second kappa shape index (κ2) is 9.74. The van der Waals surface area contributed by atoms with Crippen LogP contribution in [0.3, 0.4) is 0 Å². The lowest BCUT2D eigenvalue weighted by atomic mass is 10.2. The van der Waals surface area contributed by atoms with Crippen LogP contribution in [0.4, 0.5) is 15.8 Å². The van der Waals surface area contributed by atoms with Crippen molar-refractivity contribution in [3.63, 3.8) is 0 Å². The number of rotatable bonds is 7. The van der Waals surface area contributed by atoms with Gasteiger partial charge < -0.3 is 14.3 Å². The van der Waals surface area contributed by atoms with Crippen LogP contribution in [0.25, 0.3) is 21.9 Å². The van der Waals surface area contributed by atoms with Crippen molar-refractivity contribution in [1.82, 2.24) is 9.99 Å². The van der Waals surface area contributed by atoms with Gasteiger partial charge in [0.25, 0.3) is 5.69 Å². The van der Waals surface area contributed by atoms with Gasteiger partial charge in [0.2, 0.25) is 5.91 Å². The summed E-state index contributed by atoms with van der Waals surface area (Å²) in [6, 6.07) is 18.3. The molecule has 0 fully saturated rings. The van der Waals surface area contributed by atoms with Gasteiger partial charge in [-0.2, -0.15) is 5.10 Å². The van der Waals surface area contributed by atoms with Gasteiger partial charge in [0.1, 0.15) is 17.9 Å². The lowest BCUT2D eigenvalue weighted by molar-refractivity contribution is -0.384. The molecule has 184 valence electrons. The van der Waals surface area contributed by atoms with Gasteiger partial charge in [-0.1, -0.05) is 18.2 Å². The maximum Gasteiger partial charge on any atom is 0.307 e. The highest BCUT2D eigenvalue weighted by molar-refractivity contribution is 6.02. The van der Waals surface area contributed by atoms with Gasteiger partial charge in [0, 0.05) is 45.9 Å². The Bertz CT molecular complexity index is 1690. The van der Waals surface area contributed by atoms with E-state index in [2.05, 4.69) is 15.8 Å². The van der Waals surface area contributed by atoms with Crippen LogP contribution in [0.2, 0.25) is 0 Å². The maximum absolute atomic E-state index is 13.1. The van der Waals surface area contributed by atoms with E-state index in [1.54, 1.807) is 10.8 Å². The van der Waals surface area contributed by atoms with Gasteiger partial charge in [-0.3, -0.25) is 19.7 Å². The number of nitro groups is 1. The van der Waals surface area contributed by atoms with E-state index in [4.69, 9.17) is 4.42 Å². The molecule has 2 amide bonds. The normalized spacial score (nSPS) is 11.3. The number of carbonyl (C=O) groups is 2. The van der Waals surface area contributed by atoms with Crippen LogP contribution in [0.15, 0.2) is 88.5 Å². The standard InChI is InChI=1S/C26H18FN5O5/c27-18-5-7-19(8-6-18)29-25(33)15-31-14-17(21-3-1-2-4-22(21)31)13-28-30-26(34)24-12-16-11-20(32(35)36)9-10-23(16)37-24/h1-14H,15H2,(H,29,33)(H,30,34)/b28-13+. The second-order valence-corrected chi connectivity index (χ2v) is 8.07. The Morgan fingerprint density at radius 2 is 1.86 bits per heavy atom. The number of anilines is 1. The Labute approximate surface area is 208 Å². The average Bonchev–Trinajstić information content (AvgIpc) is 3.47. The molecule has 0 unspecified atom stereocenters. The summed E-state index contributed by atoms with van der Waals surface area (Å²) in [6.45, 7) is 0.00318. The molecule has 0 aliphatic rings. The first kappa shape index (κ1) is 23.4.